The standard InChI is InChI=1S/C21H19NO3S/c1-15-7-11-20(12-8-15)26(24,25)14-21(22-16(2)23)19-10-9-17-5-3-4-6-18(17)13-19/h3-14H,1-2H3,(H,22,23)/b21-14+. The van der Waals surface area contributed by atoms with Crippen LogP contribution in [0, 0.1) is 6.92 Å². The van der Waals surface area contributed by atoms with Crippen LogP contribution in [0.5, 0.6) is 0 Å². The minimum Gasteiger partial charge on any atom is -0.325 e. The lowest BCUT2D eigenvalue weighted by Gasteiger charge is -2.10. The van der Waals surface area contributed by atoms with Gasteiger partial charge in [0.2, 0.25) is 15.7 Å². The lowest BCUT2D eigenvalue weighted by molar-refractivity contribution is -0.117. The molecule has 3 aromatic rings. The maximum absolute atomic E-state index is 12.7. The number of hydrogen-bond acceptors (Lipinski definition) is 3. The van der Waals surface area contributed by atoms with E-state index in [-0.39, 0.29) is 16.5 Å². The smallest absolute Gasteiger partial charge is 0.221 e. The number of nitrogens with one attached hydrogen (secondary N) is 1. The molecule has 1 N–H and O–H groups in total. The molecular weight excluding hydrogens is 346 g/mol. The lowest BCUT2D eigenvalue weighted by atomic mass is 10.1. The largest absolute Gasteiger partial charge is 0.325 e. The molecule has 0 radical (unpaired) electrons. The van der Waals surface area contributed by atoms with Crippen molar-refractivity contribution in [2.45, 2.75) is 18.7 Å². The molecule has 0 aromatic heterocycles. The Morgan fingerprint density at radius 3 is 2.23 bits per heavy atom. The Balaban J connectivity index is 2.10. The van der Waals surface area contributed by atoms with E-state index in [0.717, 1.165) is 21.7 Å². The van der Waals surface area contributed by atoms with Crippen LogP contribution in [0.15, 0.2) is 77.0 Å². The molecule has 0 fully saturated rings. The van der Waals surface area contributed by atoms with E-state index in [0.29, 0.717) is 5.56 Å². The first-order valence-electron chi connectivity index (χ1n) is 8.15. The van der Waals surface area contributed by atoms with Gasteiger partial charge in [-0.1, -0.05) is 54.1 Å². The summed E-state index contributed by atoms with van der Waals surface area (Å²) in [4.78, 5) is 11.8. The Hall–Kier alpha value is -2.92. The molecule has 1 amide bonds. The van der Waals surface area contributed by atoms with E-state index in [4.69, 9.17) is 0 Å². The highest BCUT2D eigenvalue weighted by Crippen LogP contribution is 2.23. The molecule has 132 valence electrons. The first kappa shape index (κ1) is 17.9. The molecule has 0 saturated carbocycles. The van der Waals surface area contributed by atoms with E-state index in [1.165, 1.54) is 6.92 Å². The van der Waals surface area contributed by atoms with Crippen molar-refractivity contribution in [1.29, 1.82) is 0 Å². The Kier molecular flexibility index (Phi) is 4.91. The number of benzene rings is 3. The van der Waals surface area contributed by atoms with Gasteiger partial charge in [0.25, 0.3) is 0 Å². The molecule has 4 nitrogen and oxygen atoms in total. The molecule has 3 rings (SSSR count). The highest BCUT2D eigenvalue weighted by molar-refractivity contribution is 7.94. The second-order valence-electron chi connectivity index (χ2n) is 6.13. The maximum atomic E-state index is 12.7. The van der Waals surface area contributed by atoms with Crippen LogP contribution in [0.2, 0.25) is 0 Å². The highest BCUT2D eigenvalue weighted by atomic mass is 32.2. The summed E-state index contributed by atoms with van der Waals surface area (Å²) in [6.45, 7) is 3.25. The molecule has 3 aromatic carbocycles. The van der Waals surface area contributed by atoms with Crippen LogP contribution in [0.4, 0.5) is 0 Å². The first-order chi connectivity index (χ1) is 12.3. The number of aryl methyl sites for hydroxylation is 1. The first-order valence-corrected chi connectivity index (χ1v) is 9.70. The normalized spacial score (nSPS) is 12.2. The average molecular weight is 365 g/mol. The fourth-order valence-electron chi connectivity index (χ4n) is 2.67. The number of hydrogen-bond donors (Lipinski definition) is 1. The van der Waals surface area contributed by atoms with Crippen LogP contribution in [0.1, 0.15) is 18.1 Å². The zero-order chi connectivity index (χ0) is 18.7. The molecule has 0 atom stereocenters. The topological polar surface area (TPSA) is 63.2 Å². The molecule has 0 heterocycles. The zero-order valence-corrected chi connectivity index (χ0v) is 15.4. The van der Waals surface area contributed by atoms with Crippen LogP contribution in [0.3, 0.4) is 0 Å². The van der Waals surface area contributed by atoms with Gasteiger partial charge in [0.1, 0.15) is 0 Å². The molecule has 0 aliphatic carbocycles. The molecule has 0 unspecified atom stereocenters. The van der Waals surface area contributed by atoms with Gasteiger partial charge in [-0.05, 0) is 41.5 Å². The minimum absolute atomic E-state index is 0.187. The van der Waals surface area contributed by atoms with Gasteiger partial charge in [-0.2, -0.15) is 0 Å². The number of fused-ring (bicyclic) bond motifs is 1. The van der Waals surface area contributed by atoms with Gasteiger partial charge in [-0.25, -0.2) is 8.42 Å². The summed E-state index contributed by atoms with van der Waals surface area (Å²) in [5.41, 5.74) is 1.86. The van der Waals surface area contributed by atoms with Crippen LogP contribution >= 0.6 is 0 Å². The zero-order valence-electron chi connectivity index (χ0n) is 14.6. The fraction of sp³-hybridized carbons (Fsp3) is 0.0952. The predicted octanol–water partition coefficient (Wildman–Crippen LogP) is 4.06. The third-order valence-electron chi connectivity index (χ3n) is 3.99. The molecule has 26 heavy (non-hydrogen) atoms. The summed E-state index contributed by atoms with van der Waals surface area (Å²) in [7, 11) is -3.70. The van der Waals surface area contributed by atoms with Crippen LogP contribution < -0.4 is 5.32 Å². The summed E-state index contributed by atoms with van der Waals surface area (Å²) in [5.74, 6) is -0.330. The number of carbonyl (C=O) groups excluding carboxylic acids is 1. The van der Waals surface area contributed by atoms with Crippen molar-refractivity contribution in [2.75, 3.05) is 0 Å². The van der Waals surface area contributed by atoms with E-state index in [9.17, 15) is 13.2 Å². The van der Waals surface area contributed by atoms with Gasteiger partial charge in [0.05, 0.1) is 16.0 Å². The van der Waals surface area contributed by atoms with Crippen molar-refractivity contribution in [3.05, 3.63) is 83.3 Å². The summed E-state index contributed by atoms with van der Waals surface area (Å²) < 4.78 is 25.5. The second kappa shape index (κ2) is 7.14. The fourth-order valence-corrected chi connectivity index (χ4v) is 3.82. The quantitative estimate of drug-likeness (QED) is 0.758. The van der Waals surface area contributed by atoms with Crippen LogP contribution in [-0.4, -0.2) is 14.3 Å². The van der Waals surface area contributed by atoms with E-state index < -0.39 is 9.84 Å². The van der Waals surface area contributed by atoms with Gasteiger partial charge < -0.3 is 5.32 Å². The summed E-state index contributed by atoms with van der Waals surface area (Å²) in [6.07, 6.45) is 0. The van der Waals surface area contributed by atoms with Gasteiger partial charge in [-0.15, -0.1) is 0 Å². The SMILES string of the molecule is CC(=O)N/C(=C/S(=O)(=O)c1ccc(C)cc1)c1ccc2ccccc2c1. The summed E-state index contributed by atoms with van der Waals surface area (Å²) >= 11 is 0. The summed E-state index contributed by atoms with van der Waals surface area (Å²) in [6, 6.07) is 20.0. The van der Waals surface area contributed by atoms with E-state index in [1.807, 2.05) is 43.3 Å². The third-order valence-corrected chi connectivity index (χ3v) is 5.47. The average Bonchev–Trinajstić information content (AvgIpc) is 2.60. The molecule has 0 saturated heterocycles. The second-order valence-corrected chi connectivity index (χ2v) is 7.93. The van der Waals surface area contributed by atoms with Crippen molar-refractivity contribution < 1.29 is 13.2 Å². The van der Waals surface area contributed by atoms with E-state index >= 15 is 0 Å². The number of sulfone groups is 1. The Morgan fingerprint density at radius 1 is 0.923 bits per heavy atom. The molecule has 5 heteroatoms. The van der Waals surface area contributed by atoms with Crippen LogP contribution in [-0.2, 0) is 14.6 Å². The number of carbonyl (C=O) groups is 1. The number of rotatable bonds is 4. The van der Waals surface area contributed by atoms with Crippen molar-refractivity contribution >= 4 is 32.2 Å². The van der Waals surface area contributed by atoms with Crippen molar-refractivity contribution in [3.8, 4) is 0 Å². The lowest BCUT2D eigenvalue weighted by Crippen LogP contribution is -2.19. The highest BCUT2D eigenvalue weighted by Gasteiger charge is 2.15. The third kappa shape index (κ3) is 4.00. The van der Waals surface area contributed by atoms with Gasteiger partial charge in [0, 0.05) is 6.92 Å². The van der Waals surface area contributed by atoms with Crippen LogP contribution in [0.25, 0.3) is 16.5 Å². The van der Waals surface area contributed by atoms with Gasteiger partial charge in [-0.3, -0.25) is 4.79 Å². The molecular formula is C21H19NO3S. The molecule has 0 aliphatic rings. The summed E-state index contributed by atoms with van der Waals surface area (Å²) in [5, 5.41) is 5.76. The molecule has 0 spiro atoms. The van der Waals surface area contributed by atoms with Crippen molar-refractivity contribution in [1.82, 2.24) is 5.32 Å². The number of amides is 1. The Morgan fingerprint density at radius 2 is 1.58 bits per heavy atom. The minimum atomic E-state index is -3.70. The van der Waals surface area contributed by atoms with Crippen molar-refractivity contribution in [2.24, 2.45) is 0 Å². The predicted molar refractivity (Wildman–Crippen MR) is 104 cm³/mol. The van der Waals surface area contributed by atoms with Crippen molar-refractivity contribution in [3.63, 3.8) is 0 Å². The Labute approximate surface area is 153 Å². The Bertz CT molecular complexity index is 1100. The maximum Gasteiger partial charge on any atom is 0.221 e. The van der Waals surface area contributed by atoms with Gasteiger partial charge >= 0.3 is 0 Å². The molecule has 0 bridgehead atoms. The van der Waals surface area contributed by atoms with E-state index in [1.54, 1.807) is 30.3 Å². The molecule has 0 aliphatic heterocycles. The monoisotopic (exact) mass is 365 g/mol. The van der Waals surface area contributed by atoms with Gasteiger partial charge in [0.15, 0.2) is 0 Å². The van der Waals surface area contributed by atoms with E-state index in [2.05, 4.69) is 5.32 Å².